The predicted molar refractivity (Wildman–Crippen MR) is 79.2 cm³/mol. The maximum absolute atomic E-state index is 5.19. The Bertz CT molecular complexity index is 713. The Kier molecular flexibility index (Phi) is 3.31. The zero-order chi connectivity index (χ0) is 13.2. The maximum Gasteiger partial charge on any atom is 0.228 e. The van der Waals surface area contributed by atoms with Gasteiger partial charge < -0.3 is 10.1 Å². The third-order valence-corrected chi connectivity index (χ3v) is 3.78. The average Bonchev–Trinajstić information content (AvgIpc) is 2.82. The van der Waals surface area contributed by atoms with Crippen molar-refractivity contribution in [3.8, 4) is 5.75 Å². The van der Waals surface area contributed by atoms with E-state index in [1.54, 1.807) is 19.5 Å². The number of aromatic nitrogens is 3. The Morgan fingerprint density at radius 3 is 2.79 bits per heavy atom. The van der Waals surface area contributed by atoms with E-state index in [0.717, 1.165) is 25.6 Å². The van der Waals surface area contributed by atoms with Crippen LogP contribution in [0.5, 0.6) is 5.75 Å². The number of hydrogen-bond acceptors (Lipinski definition) is 6. The summed E-state index contributed by atoms with van der Waals surface area (Å²) in [5, 5.41) is 3.84. The van der Waals surface area contributed by atoms with Crippen molar-refractivity contribution in [2.45, 2.75) is 0 Å². The lowest BCUT2D eigenvalue weighted by Crippen LogP contribution is -1.95. The molecule has 3 rings (SSSR count). The summed E-state index contributed by atoms with van der Waals surface area (Å²) < 4.78 is 7.09. The molecule has 0 radical (unpaired) electrons. The van der Waals surface area contributed by atoms with Gasteiger partial charge in [-0.15, -0.1) is 0 Å². The van der Waals surface area contributed by atoms with E-state index < -0.39 is 0 Å². The van der Waals surface area contributed by atoms with E-state index >= 15 is 0 Å². The molecule has 0 aliphatic carbocycles. The van der Waals surface area contributed by atoms with Gasteiger partial charge in [-0.05, 0) is 34.1 Å². The van der Waals surface area contributed by atoms with Gasteiger partial charge in [-0.3, -0.25) is 0 Å². The fraction of sp³-hybridized carbons (Fsp3) is 0.0833. The number of hydrogen-bond donors (Lipinski definition) is 1. The van der Waals surface area contributed by atoms with Crippen LogP contribution in [-0.2, 0) is 0 Å². The molecule has 0 spiro atoms. The molecule has 5 nitrogen and oxygen atoms in total. The lowest BCUT2D eigenvalue weighted by atomic mass is 10.3. The number of nitrogens with one attached hydrogen (secondary N) is 1. The molecule has 1 aromatic carbocycles. The first-order chi connectivity index (χ1) is 9.24. The predicted octanol–water partition coefficient (Wildman–Crippen LogP) is 3.60. The lowest BCUT2D eigenvalue weighted by molar-refractivity contribution is 0.415. The van der Waals surface area contributed by atoms with Crippen LogP contribution in [0.2, 0.25) is 0 Å². The van der Waals surface area contributed by atoms with Crippen LogP contribution in [0.4, 0.5) is 11.1 Å². The summed E-state index contributed by atoms with van der Waals surface area (Å²) in [6, 6.07) is 5.78. The van der Waals surface area contributed by atoms with E-state index in [-0.39, 0.29) is 0 Å². The van der Waals surface area contributed by atoms with Crippen molar-refractivity contribution < 1.29 is 4.74 Å². The molecule has 0 aliphatic heterocycles. The van der Waals surface area contributed by atoms with Crippen LogP contribution in [0.25, 0.3) is 10.2 Å². The molecule has 0 fully saturated rings. The van der Waals surface area contributed by atoms with E-state index in [4.69, 9.17) is 4.74 Å². The number of halogens is 1. The molecule has 2 heterocycles. The number of methoxy groups -OCH3 is 1. The SMILES string of the molecule is COc1ccc2nc(Nc3ncc(Br)cn3)sc2c1. The molecule has 19 heavy (non-hydrogen) atoms. The second-order valence-electron chi connectivity index (χ2n) is 3.70. The molecule has 0 amide bonds. The first-order valence-electron chi connectivity index (χ1n) is 5.44. The Morgan fingerprint density at radius 1 is 1.26 bits per heavy atom. The third kappa shape index (κ3) is 2.66. The van der Waals surface area contributed by atoms with Gasteiger partial charge in [0.1, 0.15) is 5.75 Å². The van der Waals surface area contributed by atoms with Gasteiger partial charge in [0.15, 0.2) is 5.13 Å². The molecular weight excluding hydrogens is 328 g/mol. The fourth-order valence-corrected chi connectivity index (χ4v) is 2.65. The quantitative estimate of drug-likeness (QED) is 0.791. The molecule has 1 N–H and O–H groups in total. The molecule has 96 valence electrons. The van der Waals surface area contributed by atoms with Crippen molar-refractivity contribution in [1.29, 1.82) is 0 Å². The van der Waals surface area contributed by atoms with Gasteiger partial charge in [-0.2, -0.15) is 0 Å². The third-order valence-electron chi connectivity index (χ3n) is 2.43. The molecule has 0 saturated heterocycles. The summed E-state index contributed by atoms with van der Waals surface area (Å²) in [4.78, 5) is 12.8. The van der Waals surface area contributed by atoms with Crippen molar-refractivity contribution in [2.24, 2.45) is 0 Å². The topological polar surface area (TPSA) is 59.9 Å². The van der Waals surface area contributed by atoms with Crippen LogP contribution in [0.15, 0.2) is 35.1 Å². The first-order valence-corrected chi connectivity index (χ1v) is 7.05. The molecule has 3 aromatic rings. The normalized spacial score (nSPS) is 10.6. The van der Waals surface area contributed by atoms with Crippen LogP contribution in [-0.4, -0.2) is 22.1 Å². The minimum Gasteiger partial charge on any atom is -0.497 e. The summed E-state index contributed by atoms with van der Waals surface area (Å²) in [5.41, 5.74) is 0.922. The summed E-state index contributed by atoms with van der Waals surface area (Å²) in [6.45, 7) is 0. The van der Waals surface area contributed by atoms with Crippen LogP contribution in [0.3, 0.4) is 0 Å². The average molecular weight is 337 g/mol. The minimum atomic E-state index is 0.522. The van der Waals surface area contributed by atoms with Gasteiger partial charge in [-0.1, -0.05) is 11.3 Å². The molecule has 7 heteroatoms. The highest BCUT2D eigenvalue weighted by atomic mass is 79.9. The van der Waals surface area contributed by atoms with Crippen LogP contribution in [0, 0.1) is 0 Å². The molecular formula is C12H9BrN4OS. The van der Waals surface area contributed by atoms with Crippen molar-refractivity contribution >= 4 is 48.6 Å². The molecule has 0 bridgehead atoms. The zero-order valence-corrected chi connectivity index (χ0v) is 12.3. The number of rotatable bonds is 3. The Balaban J connectivity index is 1.90. The molecule has 0 unspecified atom stereocenters. The van der Waals surface area contributed by atoms with Crippen molar-refractivity contribution in [3.63, 3.8) is 0 Å². The van der Waals surface area contributed by atoms with Crippen LogP contribution < -0.4 is 10.1 Å². The van der Waals surface area contributed by atoms with E-state index in [0.29, 0.717) is 5.95 Å². The highest BCUT2D eigenvalue weighted by molar-refractivity contribution is 9.10. The molecule has 2 aromatic heterocycles. The van der Waals surface area contributed by atoms with Gasteiger partial charge in [0.2, 0.25) is 5.95 Å². The molecule has 0 atom stereocenters. The summed E-state index contributed by atoms with van der Waals surface area (Å²) >= 11 is 4.83. The van der Waals surface area contributed by atoms with Crippen LogP contribution >= 0.6 is 27.3 Å². The highest BCUT2D eigenvalue weighted by Gasteiger charge is 2.06. The standard InChI is InChI=1S/C12H9BrN4OS/c1-18-8-2-3-9-10(4-8)19-12(16-9)17-11-14-5-7(13)6-15-11/h2-6H,1H3,(H,14,15,16,17). The summed E-state index contributed by atoms with van der Waals surface area (Å²) in [7, 11) is 1.65. The molecule has 0 saturated carbocycles. The van der Waals surface area contributed by atoms with Crippen molar-refractivity contribution in [1.82, 2.24) is 15.0 Å². The zero-order valence-electron chi connectivity index (χ0n) is 9.92. The van der Waals surface area contributed by atoms with Gasteiger partial charge in [0, 0.05) is 12.4 Å². The van der Waals surface area contributed by atoms with Gasteiger partial charge in [-0.25, -0.2) is 15.0 Å². The fourth-order valence-electron chi connectivity index (χ4n) is 1.56. The van der Waals surface area contributed by atoms with Crippen LogP contribution in [0.1, 0.15) is 0 Å². The summed E-state index contributed by atoms with van der Waals surface area (Å²) in [5.74, 6) is 1.34. The highest BCUT2D eigenvalue weighted by Crippen LogP contribution is 2.30. The second-order valence-corrected chi connectivity index (χ2v) is 5.65. The van der Waals surface area contributed by atoms with Gasteiger partial charge in [0.05, 0.1) is 21.8 Å². The minimum absolute atomic E-state index is 0.522. The number of nitrogens with zero attached hydrogens (tertiary/aromatic N) is 3. The first kappa shape index (κ1) is 12.3. The number of ether oxygens (including phenoxy) is 1. The number of thiazole rings is 1. The maximum atomic E-state index is 5.19. The van der Waals surface area contributed by atoms with Crippen molar-refractivity contribution in [3.05, 3.63) is 35.1 Å². The Morgan fingerprint density at radius 2 is 2.05 bits per heavy atom. The van der Waals surface area contributed by atoms with Gasteiger partial charge in [0.25, 0.3) is 0 Å². The van der Waals surface area contributed by atoms with E-state index in [1.165, 1.54) is 11.3 Å². The Labute approximate surface area is 121 Å². The largest absolute Gasteiger partial charge is 0.497 e. The summed E-state index contributed by atoms with van der Waals surface area (Å²) in [6.07, 6.45) is 3.37. The van der Waals surface area contributed by atoms with E-state index in [2.05, 4.69) is 36.2 Å². The van der Waals surface area contributed by atoms with E-state index in [9.17, 15) is 0 Å². The Hall–Kier alpha value is -1.73. The monoisotopic (exact) mass is 336 g/mol. The van der Waals surface area contributed by atoms with E-state index in [1.807, 2.05) is 18.2 Å². The number of anilines is 2. The van der Waals surface area contributed by atoms with Crippen molar-refractivity contribution in [2.75, 3.05) is 12.4 Å². The molecule has 0 aliphatic rings. The van der Waals surface area contributed by atoms with Gasteiger partial charge >= 0.3 is 0 Å². The lowest BCUT2D eigenvalue weighted by Gasteiger charge is -1.98. The number of benzene rings is 1. The number of fused-ring (bicyclic) bond motifs is 1. The second kappa shape index (κ2) is 5.10. The smallest absolute Gasteiger partial charge is 0.228 e.